The average Bonchev–Trinajstić information content (AvgIpc) is 3.28. The number of carbonyl (C=O) groups excluding carboxylic acids is 1. The Balaban J connectivity index is 1.49. The fourth-order valence-corrected chi connectivity index (χ4v) is 2.17. The fourth-order valence-electron chi connectivity index (χ4n) is 2.17. The second kappa shape index (κ2) is 6.81. The minimum Gasteiger partial charge on any atom is -0.484 e. The van der Waals surface area contributed by atoms with E-state index < -0.39 is 0 Å². The molecule has 0 bridgehead atoms. The number of aromatic nitrogens is 2. The van der Waals surface area contributed by atoms with Gasteiger partial charge in [-0.25, -0.2) is 0 Å². The zero-order chi connectivity index (χ0) is 16.2. The van der Waals surface area contributed by atoms with Crippen molar-refractivity contribution in [1.29, 1.82) is 0 Å². The largest absolute Gasteiger partial charge is 0.484 e. The molecule has 1 aliphatic rings. The van der Waals surface area contributed by atoms with Crippen LogP contribution in [-0.4, -0.2) is 16.0 Å². The Bertz CT molecular complexity index is 660. The molecule has 1 amide bonds. The van der Waals surface area contributed by atoms with Crippen LogP contribution in [0.25, 0.3) is 0 Å². The van der Waals surface area contributed by atoms with E-state index in [0.717, 1.165) is 24.9 Å². The number of rotatable bonds is 7. The number of carbonyl (C=O) groups is 1. The smallest absolute Gasteiger partial charge is 0.264 e. The van der Waals surface area contributed by atoms with Crippen LogP contribution in [0.4, 0.5) is 5.69 Å². The predicted octanol–water partition coefficient (Wildman–Crippen LogP) is 3.20. The van der Waals surface area contributed by atoms with Gasteiger partial charge in [0.25, 0.3) is 5.89 Å². The lowest BCUT2D eigenvalue weighted by molar-refractivity contribution is -0.117. The molecular weight excluding hydrogens is 294 g/mol. The van der Waals surface area contributed by atoms with Crippen molar-refractivity contribution < 1.29 is 14.1 Å². The maximum Gasteiger partial charge on any atom is 0.264 e. The van der Waals surface area contributed by atoms with Crippen molar-refractivity contribution >= 4 is 11.6 Å². The van der Waals surface area contributed by atoms with E-state index in [1.807, 2.05) is 24.3 Å². The Morgan fingerprint density at radius 1 is 1.35 bits per heavy atom. The van der Waals surface area contributed by atoms with E-state index >= 15 is 0 Å². The summed E-state index contributed by atoms with van der Waals surface area (Å²) in [6.45, 7) is 4.45. The summed E-state index contributed by atoms with van der Waals surface area (Å²) in [7, 11) is 0. The van der Waals surface area contributed by atoms with Gasteiger partial charge in [0.15, 0.2) is 12.4 Å². The molecule has 1 saturated carbocycles. The molecule has 0 spiro atoms. The van der Waals surface area contributed by atoms with Crippen molar-refractivity contribution in [3.63, 3.8) is 0 Å². The highest BCUT2D eigenvalue weighted by molar-refractivity contribution is 5.94. The van der Waals surface area contributed by atoms with Crippen molar-refractivity contribution in [3.8, 4) is 5.75 Å². The maximum atomic E-state index is 11.7. The average molecular weight is 315 g/mol. The van der Waals surface area contributed by atoms with E-state index in [4.69, 9.17) is 9.26 Å². The van der Waals surface area contributed by atoms with E-state index in [1.165, 1.54) is 0 Å². The molecule has 23 heavy (non-hydrogen) atoms. The number of nitrogens with zero attached hydrogens (tertiary/aromatic N) is 2. The number of benzene rings is 1. The van der Waals surface area contributed by atoms with Crippen LogP contribution in [-0.2, 0) is 17.8 Å². The van der Waals surface area contributed by atoms with E-state index in [2.05, 4.69) is 29.3 Å². The van der Waals surface area contributed by atoms with Crippen molar-refractivity contribution in [3.05, 3.63) is 36.0 Å². The molecule has 1 N–H and O–H groups in total. The zero-order valence-corrected chi connectivity index (χ0v) is 13.4. The summed E-state index contributed by atoms with van der Waals surface area (Å²) in [5, 5.41) is 6.82. The number of ether oxygens (including phenoxy) is 1. The van der Waals surface area contributed by atoms with Gasteiger partial charge in [-0.3, -0.25) is 4.79 Å². The summed E-state index contributed by atoms with van der Waals surface area (Å²) >= 11 is 0. The Morgan fingerprint density at radius 2 is 2.09 bits per heavy atom. The summed E-state index contributed by atoms with van der Waals surface area (Å²) in [5.74, 6) is 2.65. The molecule has 0 radical (unpaired) electrons. The Morgan fingerprint density at radius 3 is 2.74 bits per heavy atom. The zero-order valence-electron chi connectivity index (χ0n) is 13.4. The fraction of sp³-hybridized carbons (Fsp3) is 0.471. The Hall–Kier alpha value is -2.37. The number of hydrogen-bond donors (Lipinski definition) is 1. The summed E-state index contributed by atoms with van der Waals surface area (Å²) in [6.07, 6.45) is 2.78. The molecule has 0 saturated heterocycles. The second-order valence-electron chi connectivity index (χ2n) is 6.28. The van der Waals surface area contributed by atoms with Crippen molar-refractivity contribution in [1.82, 2.24) is 10.1 Å². The monoisotopic (exact) mass is 315 g/mol. The van der Waals surface area contributed by atoms with Gasteiger partial charge >= 0.3 is 0 Å². The van der Waals surface area contributed by atoms with Crippen molar-refractivity contribution in [2.45, 2.75) is 39.7 Å². The van der Waals surface area contributed by atoms with Crippen LogP contribution in [0.2, 0.25) is 0 Å². The first-order valence-electron chi connectivity index (χ1n) is 7.95. The first kappa shape index (κ1) is 15.5. The quantitative estimate of drug-likeness (QED) is 0.849. The second-order valence-corrected chi connectivity index (χ2v) is 6.28. The Kier molecular flexibility index (Phi) is 4.60. The molecule has 6 nitrogen and oxygen atoms in total. The highest BCUT2D eigenvalue weighted by atomic mass is 16.5. The summed E-state index contributed by atoms with van der Waals surface area (Å²) in [6, 6.07) is 7.28. The van der Waals surface area contributed by atoms with Crippen LogP contribution in [0.1, 0.15) is 38.4 Å². The van der Waals surface area contributed by atoms with E-state index in [0.29, 0.717) is 23.4 Å². The number of hydrogen-bond acceptors (Lipinski definition) is 5. The molecule has 0 unspecified atom stereocenters. The standard InChI is InChI=1S/C17H21N3O3/c1-11(2)9-15-19-16(23-20-15)10-22-14-7-5-13(6-8-14)18-17(21)12-3-4-12/h5-8,11-12H,3-4,9-10H2,1-2H3,(H,18,21). The normalized spacial score (nSPS) is 14.0. The molecule has 1 aliphatic carbocycles. The molecular formula is C17H21N3O3. The van der Waals surface area contributed by atoms with Gasteiger partial charge in [-0.1, -0.05) is 19.0 Å². The van der Waals surface area contributed by atoms with Crippen molar-refractivity contribution in [2.75, 3.05) is 5.32 Å². The lowest BCUT2D eigenvalue weighted by Gasteiger charge is -2.06. The molecule has 6 heteroatoms. The van der Waals surface area contributed by atoms with Crippen LogP contribution in [0.15, 0.2) is 28.8 Å². The maximum absolute atomic E-state index is 11.7. The van der Waals surface area contributed by atoms with Crippen LogP contribution in [0.5, 0.6) is 5.75 Å². The van der Waals surface area contributed by atoms with E-state index in [-0.39, 0.29) is 18.4 Å². The molecule has 1 fully saturated rings. The number of amides is 1. The number of anilines is 1. The molecule has 1 aromatic heterocycles. The highest BCUT2D eigenvalue weighted by Gasteiger charge is 2.29. The lowest BCUT2D eigenvalue weighted by Crippen LogP contribution is -2.13. The van der Waals surface area contributed by atoms with Gasteiger partial charge in [0.2, 0.25) is 5.91 Å². The third-order valence-corrected chi connectivity index (χ3v) is 3.53. The van der Waals surface area contributed by atoms with Crippen LogP contribution in [0, 0.1) is 11.8 Å². The molecule has 0 atom stereocenters. The third kappa shape index (κ3) is 4.55. The van der Waals surface area contributed by atoms with Gasteiger partial charge in [-0.05, 0) is 43.0 Å². The van der Waals surface area contributed by atoms with Crippen LogP contribution >= 0.6 is 0 Å². The molecule has 1 heterocycles. The van der Waals surface area contributed by atoms with Gasteiger partial charge in [0, 0.05) is 18.0 Å². The van der Waals surface area contributed by atoms with Gasteiger partial charge in [-0.2, -0.15) is 4.98 Å². The van der Waals surface area contributed by atoms with E-state index in [9.17, 15) is 4.79 Å². The SMILES string of the molecule is CC(C)Cc1noc(COc2ccc(NC(=O)C3CC3)cc2)n1. The predicted molar refractivity (Wildman–Crippen MR) is 85.0 cm³/mol. The summed E-state index contributed by atoms with van der Waals surface area (Å²) < 4.78 is 10.8. The minimum atomic E-state index is 0.0993. The first-order valence-corrected chi connectivity index (χ1v) is 7.95. The summed E-state index contributed by atoms with van der Waals surface area (Å²) in [4.78, 5) is 16.0. The third-order valence-electron chi connectivity index (χ3n) is 3.53. The number of nitrogens with one attached hydrogen (secondary N) is 1. The molecule has 3 rings (SSSR count). The molecule has 122 valence electrons. The Labute approximate surface area is 135 Å². The van der Waals surface area contributed by atoms with Gasteiger partial charge < -0.3 is 14.6 Å². The van der Waals surface area contributed by atoms with E-state index in [1.54, 1.807) is 0 Å². The highest BCUT2D eigenvalue weighted by Crippen LogP contribution is 2.30. The first-order chi connectivity index (χ1) is 11.1. The summed E-state index contributed by atoms with van der Waals surface area (Å²) in [5.41, 5.74) is 0.784. The lowest BCUT2D eigenvalue weighted by atomic mass is 10.1. The van der Waals surface area contributed by atoms with Crippen molar-refractivity contribution in [2.24, 2.45) is 11.8 Å². The minimum absolute atomic E-state index is 0.0993. The molecule has 0 aliphatic heterocycles. The van der Waals surface area contributed by atoms with Gasteiger partial charge in [0.05, 0.1) is 0 Å². The van der Waals surface area contributed by atoms with Crippen LogP contribution < -0.4 is 10.1 Å². The topological polar surface area (TPSA) is 77.3 Å². The molecule has 2 aromatic rings. The van der Waals surface area contributed by atoms with Gasteiger partial charge in [0.1, 0.15) is 5.75 Å². The molecule has 1 aromatic carbocycles. The van der Waals surface area contributed by atoms with Crippen LogP contribution in [0.3, 0.4) is 0 Å². The van der Waals surface area contributed by atoms with Gasteiger partial charge in [-0.15, -0.1) is 0 Å².